The Morgan fingerprint density at radius 3 is 1.78 bits per heavy atom. The first-order valence-corrected chi connectivity index (χ1v) is 19.2. The highest BCUT2D eigenvalue weighted by Gasteiger charge is 2.22. The molecule has 0 radical (unpaired) electrons. The maximum atomic E-state index is 15.0. The van der Waals surface area contributed by atoms with Crippen LogP contribution in [0.2, 0.25) is 0 Å². The number of para-hydroxylation sites is 5. The molecular formula is C51H30FN5O. The molecule has 0 aliphatic rings. The Bertz CT molecular complexity index is 3590. The summed E-state index contributed by atoms with van der Waals surface area (Å²) in [6.45, 7) is 0. The lowest BCUT2D eigenvalue weighted by atomic mass is 10.0. The van der Waals surface area contributed by atoms with E-state index in [9.17, 15) is 0 Å². The predicted molar refractivity (Wildman–Crippen MR) is 232 cm³/mol. The molecular weight excluding hydrogens is 718 g/mol. The lowest BCUT2D eigenvalue weighted by molar-refractivity contribution is 0.584. The van der Waals surface area contributed by atoms with Crippen LogP contribution in [0.15, 0.2) is 186 Å². The largest absolute Gasteiger partial charge is 0.452 e. The number of fused-ring (bicyclic) bond motifs is 9. The molecule has 4 aromatic heterocycles. The lowest BCUT2D eigenvalue weighted by Gasteiger charge is -2.12. The van der Waals surface area contributed by atoms with Gasteiger partial charge in [0.25, 0.3) is 0 Å². The maximum absolute atomic E-state index is 15.0. The van der Waals surface area contributed by atoms with Gasteiger partial charge in [0, 0.05) is 43.6 Å². The topological polar surface area (TPSA) is 61.7 Å². The third kappa shape index (κ3) is 4.86. The minimum absolute atomic E-state index is 0.209. The van der Waals surface area contributed by atoms with Crippen molar-refractivity contribution in [2.75, 3.05) is 0 Å². The second-order valence-corrected chi connectivity index (χ2v) is 14.6. The van der Waals surface area contributed by atoms with Gasteiger partial charge in [-0.25, -0.2) is 9.37 Å². The first-order chi connectivity index (χ1) is 28.7. The SMILES string of the molecule is Fc1cccc2c1oc1c(-c3nc(-c4ccccc4)nc(-n4c5ccccc5c5ccc(-c6ccc7c(c6)c6ccccc6n7-c6ccccc6)cc54)n3)cccc12. The van der Waals surface area contributed by atoms with E-state index in [1.165, 1.54) is 22.4 Å². The zero-order chi connectivity index (χ0) is 38.3. The van der Waals surface area contributed by atoms with Gasteiger partial charge in [-0.3, -0.25) is 4.57 Å². The summed E-state index contributed by atoms with van der Waals surface area (Å²) in [5.74, 6) is 0.995. The van der Waals surface area contributed by atoms with Crippen LogP contribution < -0.4 is 0 Å². The normalized spacial score (nSPS) is 11.9. The minimum Gasteiger partial charge on any atom is -0.452 e. The van der Waals surface area contributed by atoms with Gasteiger partial charge < -0.3 is 8.98 Å². The van der Waals surface area contributed by atoms with Crippen LogP contribution in [0.1, 0.15) is 0 Å². The van der Waals surface area contributed by atoms with Crippen LogP contribution in [0.25, 0.3) is 111 Å². The molecule has 0 N–H and O–H groups in total. The standard InChI is InChI=1S/C51H30FN5O/c52-42-22-12-20-39-38-19-11-21-40(47(38)58-48(39)42)50-53-49(31-13-3-1-4-14-31)54-51(55-50)57-44-24-10-7-17-35(44)37-27-25-33(30-46(37)57)32-26-28-45-41(29-32)36-18-8-9-23-43(36)56(45)34-15-5-2-6-16-34/h1-30H. The smallest absolute Gasteiger partial charge is 0.238 e. The second-order valence-electron chi connectivity index (χ2n) is 14.6. The van der Waals surface area contributed by atoms with Gasteiger partial charge in [0.05, 0.1) is 27.6 Å². The Balaban J connectivity index is 1.09. The van der Waals surface area contributed by atoms with Gasteiger partial charge >= 0.3 is 0 Å². The number of hydrogen-bond acceptors (Lipinski definition) is 4. The Labute approximate surface area is 330 Å². The number of furan rings is 1. The highest BCUT2D eigenvalue weighted by atomic mass is 19.1. The van der Waals surface area contributed by atoms with E-state index in [-0.39, 0.29) is 5.58 Å². The Morgan fingerprint density at radius 2 is 0.966 bits per heavy atom. The monoisotopic (exact) mass is 747 g/mol. The molecule has 12 rings (SSSR count). The lowest BCUT2D eigenvalue weighted by Crippen LogP contribution is -2.06. The van der Waals surface area contributed by atoms with Crippen LogP contribution >= 0.6 is 0 Å². The number of rotatable bonds is 5. The molecule has 0 unspecified atom stereocenters. The summed E-state index contributed by atoms with van der Waals surface area (Å²) in [7, 11) is 0. The van der Waals surface area contributed by atoms with E-state index in [4.69, 9.17) is 19.4 Å². The van der Waals surface area contributed by atoms with Crippen LogP contribution in [0.5, 0.6) is 0 Å². The molecule has 0 bridgehead atoms. The number of hydrogen-bond donors (Lipinski definition) is 0. The zero-order valence-corrected chi connectivity index (χ0v) is 30.8. The molecule has 0 spiro atoms. The van der Waals surface area contributed by atoms with Crippen molar-refractivity contribution in [3.8, 4) is 45.5 Å². The van der Waals surface area contributed by atoms with E-state index in [1.807, 2.05) is 60.7 Å². The molecule has 0 aliphatic carbocycles. The maximum Gasteiger partial charge on any atom is 0.238 e. The van der Waals surface area contributed by atoms with Gasteiger partial charge in [0.2, 0.25) is 5.95 Å². The van der Waals surface area contributed by atoms with Gasteiger partial charge in [-0.05, 0) is 65.7 Å². The molecule has 12 aromatic rings. The highest BCUT2D eigenvalue weighted by molar-refractivity contribution is 6.13. The molecule has 0 amide bonds. The molecule has 58 heavy (non-hydrogen) atoms. The molecule has 0 saturated heterocycles. The summed E-state index contributed by atoms with van der Waals surface area (Å²) in [6, 6.07) is 61.5. The van der Waals surface area contributed by atoms with Crippen molar-refractivity contribution in [2.45, 2.75) is 0 Å². The van der Waals surface area contributed by atoms with Crippen LogP contribution in [-0.4, -0.2) is 24.1 Å². The van der Waals surface area contributed by atoms with Crippen LogP contribution in [0.4, 0.5) is 4.39 Å². The molecule has 0 atom stereocenters. The van der Waals surface area contributed by atoms with Gasteiger partial charge in [-0.1, -0.05) is 127 Å². The fraction of sp³-hybridized carbons (Fsp3) is 0. The summed E-state index contributed by atoms with van der Waals surface area (Å²) in [4.78, 5) is 15.4. The number of halogens is 1. The van der Waals surface area contributed by atoms with Gasteiger partial charge in [-0.15, -0.1) is 0 Å². The van der Waals surface area contributed by atoms with Crippen molar-refractivity contribution < 1.29 is 8.81 Å². The molecule has 6 nitrogen and oxygen atoms in total. The van der Waals surface area contributed by atoms with Gasteiger partial charge in [0.15, 0.2) is 23.0 Å². The molecule has 4 heterocycles. The van der Waals surface area contributed by atoms with Crippen molar-refractivity contribution in [3.05, 3.63) is 188 Å². The third-order valence-corrected chi connectivity index (χ3v) is 11.3. The Hall–Kier alpha value is -7.90. The van der Waals surface area contributed by atoms with E-state index < -0.39 is 5.82 Å². The Morgan fingerprint density at radius 1 is 0.379 bits per heavy atom. The molecule has 272 valence electrons. The summed E-state index contributed by atoms with van der Waals surface area (Å²) in [5.41, 5.74) is 9.78. The average molecular weight is 748 g/mol. The number of benzene rings is 8. The fourth-order valence-corrected chi connectivity index (χ4v) is 8.64. The average Bonchev–Trinajstić information content (AvgIpc) is 3.95. The van der Waals surface area contributed by atoms with E-state index >= 15 is 4.39 Å². The summed E-state index contributed by atoms with van der Waals surface area (Å²) in [5, 5.41) is 6.05. The van der Waals surface area contributed by atoms with E-state index in [1.54, 1.807) is 6.07 Å². The molecule has 8 aromatic carbocycles. The number of nitrogens with zero attached hydrogens (tertiary/aromatic N) is 5. The summed E-state index contributed by atoms with van der Waals surface area (Å²) in [6.07, 6.45) is 0. The molecule has 0 saturated carbocycles. The summed E-state index contributed by atoms with van der Waals surface area (Å²) >= 11 is 0. The fourth-order valence-electron chi connectivity index (χ4n) is 8.64. The predicted octanol–water partition coefficient (Wildman–Crippen LogP) is 13.1. The van der Waals surface area contributed by atoms with Crippen LogP contribution in [-0.2, 0) is 0 Å². The first kappa shape index (κ1) is 32.4. The summed E-state index contributed by atoms with van der Waals surface area (Å²) < 4.78 is 25.7. The van der Waals surface area contributed by atoms with Crippen molar-refractivity contribution >= 4 is 65.6 Å². The van der Waals surface area contributed by atoms with Gasteiger partial charge in [0.1, 0.15) is 5.58 Å². The van der Waals surface area contributed by atoms with Crippen molar-refractivity contribution in [1.29, 1.82) is 0 Å². The Kier molecular flexibility index (Phi) is 7.01. The molecule has 0 aliphatic heterocycles. The second kappa shape index (κ2) is 12.6. The zero-order valence-electron chi connectivity index (χ0n) is 30.8. The van der Waals surface area contributed by atoms with E-state index in [2.05, 4.69) is 118 Å². The van der Waals surface area contributed by atoms with Crippen LogP contribution in [0.3, 0.4) is 0 Å². The van der Waals surface area contributed by atoms with Crippen molar-refractivity contribution in [2.24, 2.45) is 0 Å². The first-order valence-electron chi connectivity index (χ1n) is 19.2. The van der Waals surface area contributed by atoms with Crippen molar-refractivity contribution in [3.63, 3.8) is 0 Å². The number of aromatic nitrogens is 5. The van der Waals surface area contributed by atoms with Gasteiger partial charge in [-0.2, -0.15) is 9.97 Å². The van der Waals surface area contributed by atoms with E-state index in [0.717, 1.165) is 55.1 Å². The minimum atomic E-state index is -0.414. The highest BCUT2D eigenvalue weighted by Crippen LogP contribution is 2.40. The quantitative estimate of drug-likeness (QED) is 0.176. The third-order valence-electron chi connectivity index (χ3n) is 11.3. The van der Waals surface area contributed by atoms with E-state index in [0.29, 0.717) is 34.1 Å². The van der Waals surface area contributed by atoms with Crippen molar-refractivity contribution in [1.82, 2.24) is 24.1 Å². The van der Waals surface area contributed by atoms with Crippen LogP contribution in [0, 0.1) is 5.82 Å². The molecule has 0 fully saturated rings. The molecule has 7 heteroatoms.